The average Bonchev–Trinajstić information content (AvgIpc) is 2.40. The van der Waals surface area contributed by atoms with Gasteiger partial charge in [-0.1, -0.05) is 51.0 Å². The molecule has 1 N–H and O–H groups in total. The quantitative estimate of drug-likeness (QED) is 0.874. The van der Waals surface area contributed by atoms with Gasteiger partial charge in [0.25, 0.3) is 0 Å². The molecule has 0 aromatic heterocycles. The van der Waals surface area contributed by atoms with Crippen LogP contribution in [0, 0.1) is 0 Å². The lowest BCUT2D eigenvalue weighted by molar-refractivity contribution is -0.110. The van der Waals surface area contributed by atoms with E-state index in [2.05, 4.69) is 38.1 Å². The molecule has 2 atom stereocenters. The van der Waals surface area contributed by atoms with Gasteiger partial charge < -0.3 is 9.84 Å². The molecule has 2 unspecified atom stereocenters. The first-order valence-electron chi connectivity index (χ1n) is 7.61. The zero-order valence-electron chi connectivity index (χ0n) is 12.2. The minimum absolute atomic E-state index is 0.207. The molecule has 1 aromatic carbocycles. The number of benzene rings is 1. The molecule has 1 aliphatic rings. The van der Waals surface area contributed by atoms with Gasteiger partial charge in [0, 0.05) is 12.8 Å². The van der Waals surface area contributed by atoms with Gasteiger partial charge in [-0.15, -0.1) is 0 Å². The molecule has 2 heteroatoms. The summed E-state index contributed by atoms with van der Waals surface area (Å²) in [7, 11) is 0. The number of aryl methyl sites for hydroxylation is 1. The second-order valence-corrected chi connectivity index (χ2v) is 5.72. The summed E-state index contributed by atoms with van der Waals surface area (Å²) >= 11 is 0. The summed E-state index contributed by atoms with van der Waals surface area (Å²) in [4.78, 5) is 0. The molecule has 0 spiro atoms. The van der Waals surface area contributed by atoms with Crippen LogP contribution >= 0.6 is 0 Å². The van der Waals surface area contributed by atoms with E-state index in [9.17, 15) is 5.11 Å². The Hall–Kier alpha value is -0.860. The molecule has 0 saturated carbocycles. The first-order valence-corrected chi connectivity index (χ1v) is 7.61. The summed E-state index contributed by atoms with van der Waals surface area (Å²) in [5.41, 5.74) is 1.71. The SMILES string of the molecule is CCCc1cccc(C2(O)CCOC(CCC)C2)c1. The summed E-state index contributed by atoms with van der Waals surface area (Å²) in [6.45, 7) is 5.02. The monoisotopic (exact) mass is 262 g/mol. The third-order valence-electron chi connectivity index (χ3n) is 4.05. The molecule has 19 heavy (non-hydrogen) atoms. The number of hydrogen-bond acceptors (Lipinski definition) is 2. The van der Waals surface area contributed by atoms with Crippen molar-refractivity contribution in [2.75, 3.05) is 6.61 Å². The van der Waals surface area contributed by atoms with Gasteiger partial charge in [0.1, 0.15) is 0 Å². The molecular weight excluding hydrogens is 236 g/mol. The smallest absolute Gasteiger partial charge is 0.0943 e. The third-order valence-corrected chi connectivity index (χ3v) is 4.05. The molecule has 1 aromatic rings. The largest absolute Gasteiger partial charge is 0.385 e. The van der Waals surface area contributed by atoms with E-state index in [0.717, 1.165) is 37.7 Å². The van der Waals surface area contributed by atoms with E-state index in [4.69, 9.17) is 4.74 Å². The van der Waals surface area contributed by atoms with Crippen LogP contribution in [0.15, 0.2) is 24.3 Å². The Bertz CT molecular complexity index is 400. The lowest BCUT2D eigenvalue weighted by Gasteiger charge is -2.37. The van der Waals surface area contributed by atoms with E-state index in [1.54, 1.807) is 0 Å². The van der Waals surface area contributed by atoms with E-state index in [0.29, 0.717) is 13.0 Å². The fourth-order valence-corrected chi connectivity index (χ4v) is 3.01. The average molecular weight is 262 g/mol. The van der Waals surface area contributed by atoms with Crippen LogP contribution in [0.25, 0.3) is 0 Å². The number of rotatable bonds is 5. The van der Waals surface area contributed by atoms with Crippen LogP contribution in [-0.2, 0) is 16.8 Å². The van der Waals surface area contributed by atoms with E-state index in [1.165, 1.54) is 5.56 Å². The van der Waals surface area contributed by atoms with Crippen molar-refractivity contribution in [3.63, 3.8) is 0 Å². The number of hydrogen-bond donors (Lipinski definition) is 1. The van der Waals surface area contributed by atoms with Gasteiger partial charge in [-0.25, -0.2) is 0 Å². The van der Waals surface area contributed by atoms with Crippen LogP contribution in [-0.4, -0.2) is 17.8 Å². The predicted molar refractivity (Wildman–Crippen MR) is 78.2 cm³/mol. The Labute approximate surface area is 116 Å². The second-order valence-electron chi connectivity index (χ2n) is 5.72. The maximum Gasteiger partial charge on any atom is 0.0943 e. The van der Waals surface area contributed by atoms with Crippen molar-refractivity contribution >= 4 is 0 Å². The normalized spacial score (nSPS) is 27.4. The molecule has 1 aliphatic heterocycles. The van der Waals surface area contributed by atoms with Gasteiger partial charge in [-0.05, 0) is 24.0 Å². The van der Waals surface area contributed by atoms with Gasteiger partial charge in [0.2, 0.25) is 0 Å². The highest BCUT2D eigenvalue weighted by Gasteiger charge is 2.36. The molecule has 0 amide bonds. The minimum Gasteiger partial charge on any atom is -0.385 e. The molecule has 1 saturated heterocycles. The van der Waals surface area contributed by atoms with Crippen LogP contribution in [0.2, 0.25) is 0 Å². The molecule has 0 aliphatic carbocycles. The molecule has 1 fully saturated rings. The maximum atomic E-state index is 11.0. The molecule has 0 bridgehead atoms. The van der Waals surface area contributed by atoms with Crippen molar-refractivity contribution in [1.29, 1.82) is 0 Å². The van der Waals surface area contributed by atoms with Crippen molar-refractivity contribution in [3.8, 4) is 0 Å². The zero-order chi connectivity index (χ0) is 13.7. The lowest BCUT2D eigenvalue weighted by atomic mass is 9.82. The van der Waals surface area contributed by atoms with Gasteiger partial charge in [0.05, 0.1) is 18.3 Å². The summed E-state index contributed by atoms with van der Waals surface area (Å²) in [5.74, 6) is 0. The fraction of sp³-hybridized carbons (Fsp3) is 0.647. The van der Waals surface area contributed by atoms with E-state index < -0.39 is 5.60 Å². The van der Waals surface area contributed by atoms with Crippen molar-refractivity contribution in [3.05, 3.63) is 35.4 Å². The van der Waals surface area contributed by atoms with Gasteiger partial charge >= 0.3 is 0 Å². The Morgan fingerprint density at radius 2 is 2.16 bits per heavy atom. The van der Waals surface area contributed by atoms with Gasteiger partial charge in [-0.2, -0.15) is 0 Å². The molecule has 106 valence electrons. The van der Waals surface area contributed by atoms with Crippen molar-refractivity contribution in [2.45, 2.75) is 64.1 Å². The Morgan fingerprint density at radius 1 is 1.32 bits per heavy atom. The first kappa shape index (κ1) is 14.5. The van der Waals surface area contributed by atoms with E-state index in [1.807, 2.05) is 0 Å². The Morgan fingerprint density at radius 3 is 2.89 bits per heavy atom. The molecule has 1 heterocycles. The van der Waals surface area contributed by atoms with Crippen LogP contribution in [0.1, 0.15) is 57.1 Å². The summed E-state index contributed by atoms with van der Waals surface area (Å²) < 4.78 is 5.75. The zero-order valence-corrected chi connectivity index (χ0v) is 12.2. The molecular formula is C17H26O2. The highest BCUT2D eigenvalue weighted by Crippen LogP contribution is 2.36. The van der Waals surface area contributed by atoms with Crippen molar-refractivity contribution in [2.24, 2.45) is 0 Å². The van der Waals surface area contributed by atoms with Crippen LogP contribution < -0.4 is 0 Å². The summed E-state index contributed by atoms with van der Waals surface area (Å²) in [6, 6.07) is 8.47. The maximum absolute atomic E-state index is 11.0. The first-order chi connectivity index (χ1) is 9.18. The second kappa shape index (κ2) is 6.53. The number of aliphatic hydroxyl groups is 1. The van der Waals surface area contributed by atoms with Crippen molar-refractivity contribution < 1.29 is 9.84 Å². The third kappa shape index (κ3) is 3.58. The highest BCUT2D eigenvalue weighted by molar-refractivity contribution is 5.29. The number of ether oxygens (including phenoxy) is 1. The topological polar surface area (TPSA) is 29.5 Å². The minimum atomic E-state index is -0.693. The molecule has 0 radical (unpaired) electrons. The molecule has 2 rings (SSSR count). The van der Waals surface area contributed by atoms with E-state index >= 15 is 0 Å². The summed E-state index contributed by atoms with van der Waals surface area (Å²) in [5, 5.41) is 11.0. The molecule has 2 nitrogen and oxygen atoms in total. The van der Waals surface area contributed by atoms with Crippen LogP contribution in [0.4, 0.5) is 0 Å². The Balaban J connectivity index is 2.16. The van der Waals surface area contributed by atoms with E-state index in [-0.39, 0.29) is 6.10 Å². The highest BCUT2D eigenvalue weighted by atomic mass is 16.5. The van der Waals surface area contributed by atoms with Gasteiger partial charge in [0.15, 0.2) is 0 Å². The lowest BCUT2D eigenvalue weighted by Crippen LogP contribution is -2.38. The standard InChI is InChI=1S/C17H26O2/c1-3-6-14-8-5-9-15(12-14)17(18)10-11-19-16(13-17)7-4-2/h5,8-9,12,16,18H,3-4,6-7,10-11,13H2,1-2H3. The fourth-order valence-electron chi connectivity index (χ4n) is 3.01. The predicted octanol–water partition coefficient (Wildman–Crippen LogP) is 3.81. The van der Waals surface area contributed by atoms with Gasteiger partial charge in [-0.3, -0.25) is 0 Å². The summed E-state index contributed by atoms with van der Waals surface area (Å²) in [6.07, 6.45) is 6.02. The van der Waals surface area contributed by atoms with Crippen LogP contribution in [0.3, 0.4) is 0 Å². The van der Waals surface area contributed by atoms with Crippen LogP contribution in [0.5, 0.6) is 0 Å². The van der Waals surface area contributed by atoms with Crippen molar-refractivity contribution in [1.82, 2.24) is 0 Å². The Kier molecular flexibility index (Phi) is 5.00.